The van der Waals surface area contributed by atoms with Crippen molar-refractivity contribution in [1.29, 1.82) is 0 Å². The van der Waals surface area contributed by atoms with Gasteiger partial charge in [0, 0.05) is 6.04 Å². The SMILES string of the molecule is CC.CC.CC(C)C.CCCN1CCCCC1CC.CN. The van der Waals surface area contributed by atoms with Crippen LogP contribution in [0, 0.1) is 5.92 Å². The topological polar surface area (TPSA) is 29.3 Å². The second-order valence-corrected chi connectivity index (χ2v) is 5.33. The minimum atomic E-state index is 0.833. The number of hydrogen-bond acceptors (Lipinski definition) is 2. The molecule has 0 amide bonds. The van der Waals surface area contributed by atoms with Gasteiger partial charge in [-0.25, -0.2) is 0 Å². The monoisotopic (exact) mass is 304 g/mol. The van der Waals surface area contributed by atoms with Crippen LogP contribution in [0.25, 0.3) is 0 Å². The maximum atomic E-state index is 4.50. The lowest BCUT2D eigenvalue weighted by Crippen LogP contribution is -2.39. The first-order valence-electron chi connectivity index (χ1n) is 9.43. The zero-order valence-corrected chi connectivity index (χ0v) is 17.1. The summed E-state index contributed by atoms with van der Waals surface area (Å²) in [5.74, 6) is 0.833. The molecule has 2 heteroatoms. The molecule has 0 spiro atoms. The van der Waals surface area contributed by atoms with Crippen LogP contribution in [0.4, 0.5) is 0 Å². The van der Waals surface area contributed by atoms with Crippen LogP contribution in [-0.4, -0.2) is 31.1 Å². The van der Waals surface area contributed by atoms with Gasteiger partial charge in [0.2, 0.25) is 0 Å². The van der Waals surface area contributed by atoms with Gasteiger partial charge in [-0.2, -0.15) is 0 Å². The molecule has 2 N–H and O–H groups in total. The van der Waals surface area contributed by atoms with E-state index in [0.29, 0.717) is 0 Å². The van der Waals surface area contributed by atoms with Gasteiger partial charge in [-0.15, -0.1) is 0 Å². The Kier molecular flexibility index (Phi) is 38.8. The minimum absolute atomic E-state index is 0.833. The van der Waals surface area contributed by atoms with Crippen molar-refractivity contribution in [3.63, 3.8) is 0 Å². The standard InChI is InChI=1S/C10H21N.C4H10.2C2H6.CH5N/c1-3-8-11-9-6-5-7-10(11)4-2;1-4(2)3;3*1-2/h10H,3-9H2,1-2H3;4H,1-3H3;2*1-2H3;2H2,1H3. The zero-order chi connectivity index (χ0) is 17.7. The second kappa shape index (κ2) is 28.1. The predicted molar refractivity (Wildman–Crippen MR) is 103 cm³/mol. The Balaban J connectivity index is -0.000000122. The number of hydrogen-bond donors (Lipinski definition) is 1. The van der Waals surface area contributed by atoms with E-state index in [1.165, 1.54) is 52.2 Å². The number of rotatable bonds is 3. The third-order valence-electron chi connectivity index (χ3n) is 2.73. The van der Waals surface area contributed by atoms with Crippen LogP contribution in [0.1, 0.15) is 94.4 Å². The Labute approximate surface area is 137 Å². The molecule has 1 heterocycles. The maximum absolute atomic E-state index is 4.50. The fraction of sp³-hybridized carbons (Fsp3) is 1.00. The fourth-order valence-corrected chi connectivity index (χ4v) is 2.10. The smallest absolute Gasteiger partial charge is 0.00926 e. The van der Waals surface area contributed by atoms with Crippen molar-refractivity contribution in [1.82, 2.24) is 4.90 Å². The first kappa shape index (κ1) is 29.0. The molecule has 1 rings (SSSR count). The molecule has 134 valence electrons. The van der Waals surface area contributed by atoms with Crippen LogP contribution in [-0.2, 0) is 0 Å². The lowest BCUT2D eigenvalue weighted by molar-refractivity contribution is 0.144. The lowest BCUT2D eigenvalue weighted by atomic mass is 10.00. The summed E-state index contributed by atoms with van der Waals surface area (Å²) in [4.78, 5) is 2.67. The highest BCUT2D eigenvalue weighted by atomic mass is 15.2. The summed E-state index contributed by atoms with van der Waals surface area (Å²) < 4.78 is 0. The van der Waals surface area contributed by atoms with Gasteiger partial charge in [-0.3, -0.25) is 0 Å². The van der Waals surface area contributed by atoms with Crippen molar-refractivity contribution >= 4 is 0 Å². The zero-order valence-electron chi connectivity index (χ0n) is 17.1. The summed E-state index contributed by atoms with van der Waals surface area (Å²) in [6.45, 7) is 21.8. The second-order valence-electron chi connectivity index (χ2n) is 5.33. The molecule has 2 nitrogen and oxygen atoms in total. The summed E-state index contributed by atoms with van der Waals surface area (Å²) in [6, 6.07) is 0.906. The van der Waals surface area contributed by atoms with E-state index in [9.17, 15) is 0 Å². The van der Waals surface area contributed by atoms with Crippen molar-refractivity contribution in [3.05, 3.63) is 0 Å². The first-order valence-corrected chi connectivity index (χ1v) is 9.43. The average Bonchev–Trinajstić information content (AvgIpc) is 2.53. The van der Waals surface area contributed by atoms with Crippen molar-refractivity contribution in [2.45, 2.75) is 100 Å². The Bertz CT molecular complexity index is 131. The van der Waals surface area contributed by atoms with Gasteiger partial charge in [-0.1, -0.05) is 68.7 Å². The molecule has 0 bridgehead atoms. The van der Waals surface area contributed by atoms with Gasteiger partial charge in [0.15, 0.2) is 0 Å². The fourth-order valence-electron chi connectivity index (χ4n) is 2.10. The number of likely N-dealkylation sites (tertiary alicyclic amines) is 1. The molecular formula is C19H48N2. The average molecular weight is 305 g/mol. The van der Waals surface area contributed by atoms with Crippen molar-refractivity contribution in [2.75, 3.05) is 20.1 Å². The molecule has 0 aromatic heterocycles. The van der Waals surface area contributed by atoms with Crippen LogP contribution < -0.4 is 5.73 Å². The number of nitrogens with two attached hydrogens (primary N) is 1. The number of nitrogens with zero attached hydrogens (tertiary/aromatic N) is 1. The maximum Gasteiger partial charge on any atom is 0.00926 e. The van der Waals surface area contributed by atoms with Crippen molar-refractivity contribution in [2.24, 2.45) is 11.7 Å². The van der Waals surface area contributed by atoms with Gasteiger partial charge in [0.05, 0.1) is 0 Å². The minimum Gasteiger partial charge on any atom is -0.333 e. The molecule has 0 aromatic carbocycles. The summed E-state index contributed by atoms with van der Waals surface area (Å²) in [5, 5.41) is 0. The molecule has 1 saturated heterocycles. The van der Waals surface area contributed by atoms with Gasteiger partial charge in [0.1, 0.15) is 0 Å². The Morgan fingerprint density at radius 2 is 1.38 bits per heavy atom. The summed E-state index contributed by atoms with van der Waals surface area (Å²) in [6.07, 6.45) is 6.99. The van der Waals surface area contributed by atoms with E-state index in [1.807, 2.05) is 27.7 Å². The highest BCUT2D eigenvalue weighted by Crippen LogP contribution is 2.19. The Morgan fingerprint density at radius 3 is 1.71 bits per heavy atom. The van der Waals surface area contributed by atoms with E-state index in [-0.39, 0.29) is 0 Å². The molecule has 1 aliphatic heterocycles. The highest BCUT2D eigenvalue weighted by molar-refractivity contribution is 4.74. The molecule has 0 aromatic rings. The first-order chi connectivity index (χ1) is 10.1. The molecule has 0 saturated carbocycles. The lowest BCUT2D eigenvalue weighted by Gasteiger charge is -2.34. The van der Waals surface area contributed by atoms with E-state index in [0.717, 1.165) is 12.0 Å². The molecule has 1 atom stereocenters. The Morgan fingerprint density at radius 1 is 0.952 bits per heavy atom. The third kappa shape index (κ3) is 25.2. The van der Waals surface area contributed by atoms with Gasteiger partial charge in [-0.05, 0) is 51.7 Å². The quantitative estimate of drug-likeness (QED) is 0.698. The summed E-state index contributed by atoms with van der Waals surface area (Å²) in [7, 11) is 1.50. The molecule has 0 aliphatic carbocycles. The summed E-state index contributed by atoms with van der Waals surface area (Å²) in [5.41, 5.74) is 4.50. The van der Waals surface area contributed by atoms with Crippen LogP contribution in [0.2, 0.25) is 0 Å². The van der Waals surface area contributed by atoms with Gasteiger partial charge >= 0.3 is 0 Å². The third-order valence-corrected chi connectivity index (χ3v) is 2.73. The van der Waals surface area contributed by atoms with Crippen LogP contribution >= 0.6 is 0 Å². The molecule has 1 fully saturated rings. The van der Waals surface area contributed by atoms with E-state index < -0.39 is 0 Å². The molecule has 1 unspecified atom stereocenters. The van der Waals surface area contributed by atoms with Crippen molar-refractivity contribution in [3.8, 4) is 0 Å². The largest absolute Gasteiger partial charge is 0.333 e. The van der Waals surface area contributed by atoms with Crippen molar-refractivity contribution < 1.29 is 0 Å². The van der Waals surface area contributed by atoms with E-state index in [4.69, 9.17) is 0 Å². The van der Waals surface area contributed by atoms with Crippen LogP contribution in [0.3, 0.4) is 0 Å². The van der Waals surface area contributed by atoms with Crippen LogP contribution in [0.5, 0.6) is 0 Å². The van der Waals surface area contributed by atoms with Crippen LogP contribution in [0.15, 0.2) is 0 Å². The van der Waals surface area contributed by atoms with E-state index in [2.05, 4.69) is 45.3 Å². The molecule has 1 aliphatic rings. The van der Waals surface area contributed by atoms with E-state index in [1.54, 1.807) is 0 Å². The van der Waals surface area contributed by atoms with Gasteiger partial charge < -0.3 is 10.6 Å². The highest BCUT2D eigenvalue weighted by Gasteiger charge is 2.18. The van der Waals surface area contributed by atoms with E-state index >= 15 is 0 Å². The molecular weight excluding hydrogens is 256 g/mol. The normalized spacial score (nSPS) is 16.9. The molecule has 0 radical (unpaired) electrons. The molecule has 21 heavy (non-hydrogen) atoms. The van der Waals surface area contributed by atoms with Gasteiger partial charge in [0.25, 0.3) is 0 Å². The summed E-state index contributed by atoms with van der Waals surface area (Å²) >= 11 is 0. The predicted octanol–water partition coefficient (Wildman–Crippen LogP) is 5.95. The number of piperidine rings is 1. The Hall–Kier alpha value is -0.0800.